The van der Waals surface area contributed by atoms with Gasteiger partial charge in [-0.05, 0) is 29.2 Å². The lowest BCUT2D eigenvalue weighted by molar-refractivity contribution is 0.0987. The minimum atomic E-state index is -4.07. The van der Waals surface area contributed by atoms with Crippen LogP contribution >= 0.6 is 11.6 Å². The molecule has 164 valence electrons. The predicted octanol–water partition coefficient (Wildman–Crippen LogP) is 3.47. The molecule has 3 rings (SSSR count). The van der Waals surface area contributed by atoms with E-state index >= 15 is 0 Å². The van der Waals surface area contributed by atoms with Crippen LogP contribution in [0, 0.1) is 5.82 Å². The molecule has 0 bridgehead atoms. The maximum Gasteiger partial charge on any atom is 0.286 e. The molecule has 2 aromatic carbocycles. The van der Waals surface area contributed by atoms with E-state index in [4.69, 9.17) is 17.3 Å². The first kappa shape index (κ1) is 22.7. The summed E-state index contributed by atoms with van der Waals surface area (Å²) in [5, 5.41) is 7.32. The van der Waals surface area contributed by atoms with Gasteiger partial charge in [-0.15, -0.1) is 10.2 Å². The molecule has 0 aliphatic heterocycles. The molecule has 0 spiro atoms. The van der Waals surface area contributed by atoms with Gasteiger partial charge in [-0.2, -0.15) is 0 Å². The first-order valence-electron chi connectivity index (χ1n) is 9.13. The number of nitrogens with one attached hydrogen (secondary N) is 1. The molecule has 11 heteroatoms. The smallest absolute Gasteiger partial charge is 0.286 e. The number of aromatic nitrogens is 3. The zero-order chi connectivity index (χ0) is 23.1. The molecular weight excluding hydrogens is 445 g/mol. The average molecular weight is 466 g/mol. The van der Waals surface area contributed by atoms with Gasteiger partial charge in [-0.25, -0.2) is 12.8 Å². The van der Waals surface area contributed by atoms with Crippen molar-refractivity contribution in [1.29, 1.82) is 0 Å². The second kappa shape index (κ2) is 7.93. The van der Waals surface area contributed by atoms with Gasteiger partial charge in [0.1, 0.15) is 5.82 Å². The number of rotatable bonds is 5. The van der Waals surface area contributed by atoms with Crippen LogP contribution in [0.4, 0.5) is 10.1 Å². The summed E-state index contributed by atoms with van der Waals surface area (Å²) in [6, 6.07) is 8.54. The first-order chi connectivity index (χ1) is 14.3. The van der Waals surface area contributed by atoms with E-state index < -0.39 is 21.7 Å². The lowest BCUT2D eigenvalue weighted by atomic mass is 9.87. The van der Waals surface area contributed by atoms with Crippen molar-refractivity contribution < 1.29 is 17.6 Å². The number of nitrogens with zero attached hydrogens (tertiary/aromatic N) is 3. The summed E-state index contributed by atoms with van der Waals surface area (Å²) in [7, 11) is -2.60. The number of hydrogen-bond donors (Lipinski definition) is 2. The van der Waals surface area contributed by atoms with Gasteiger partial charge >= 0.3 is 0 Å². The normalized spacial score (nSPS) is 12.1. The summed E-state index contributed by atoms with van der Waals surface area (Å²) in [5.41, 5.74) is 6.08. The fourth-order valence-electron chi connectivity index (χ4n) is 2.93. The molecule has 31 heavy (non-hydrogen) atoms. The third-order valence-electron chi connectivity index (χ3n) is 4.67. The lowest BCUT2D eigenvalue weighted by Gasteiger charge is -2.19. The van der Waals surface area contributed by atoms with Gasteiger partial charge in [0.15, 0.2) is 5.82 Å². The number of nitrogens with two attached hydrogens (primary N) is 1. The van der Waals surface area contributed by atoms with Gasteiger partial charge in [0.2, 0.25) is 5.82 Å². The van der Waals surface area contributed by atoms with E-state index in [0.29, 0.717) is 0 Å². The fraction of sp³-hybridized carbons (Fsp3) is 0.250. The molecule has 0 saturated carbocycles. The number of hydrogen-bond acceptors (Lipinski definition) is 5. The van der Waals surface area contributed by atoms with E-state index in [9.17, 15) is 17.6 Å². The highest BCUT2D eigenvalue weighted by Gasteiger charge is 2.23. The van der Waals surface area contributed by atoms with Crippen LogP contribution in [-0.2, 0) is 22.5 Å². The summed E-state index contributed by atoms with van der Waals surface area (Å²) < 4.78 is 43.7. The number of sulfonamides is 1. The Morgan fingerprint density at radius 2 is 1.77 bits per heavy atom. The quantitative estimate of drug-likeness (QED) is 0.597. The molecule has 0 radical (unpaired) electrons. The van der Waals surface area contributed by atoms with Gasteiger partial charge in [-0.1, -0.05) is 44.5 Å². The maximum atomic E-state index is 14.2. The molecule has 8 nitrogen and oxygen atoms in total. The molecule has 0 fully saturated rings. The van der Waals surface area contributed by atoms with Crippen molar-refractivity contribution in [2.45, 2.75) is 31.1 Å². The van der Waals surface area contributed by atoms with Crippen molar-refractivity contribution in [3.8, 4) is 11.4 Å². The molecule has 1 aromatic heterocycles. The van der Waals surface area contributed by atoms with E-state index in [1.54, 1.807) is 12.1 Å². The van der Waals surface area contributed by atoms with Gasteiger partial charge < -0.3 is 10.3 Å². The SMILES string of the molecule is Cn1c(C(N)=O)nnc1-c1cc(Cl)c(F)cc1NS(=O)(=O)c1ccc(C(C)(C)C)cc1. The molecular formula is C20H21ClFN5O3S. The van der Waals surface area contributed by atoms with Crippen LogP contribution < -0.4 is 10.5 Å². The van der Waals surface area contributed by atoms with Gasteiger partial charge in [0.05, 0.1) is 15.6 Å². The van der Waals surface area contributed by atoms with Crippen molar-refractivity contribution in [1.82, 2.24) is 14.8 Å². The van der Waals surface area contributed by atoms with E-state index in [1.165, 1.54) is 29.8 Å². The predicted molar refractivity (Wildman–Crippen MR) is 116 cm³/mol. The summed E-state index contributed by atoms with van der Waals surface area (Å²) in [6.45, 7) is 6.04. The largest absolute Gasteiger partial charge is 0.363 e. The number of carbonyl (C=O) groups is 1. The van der Waals surface area contributed by atoms with Crippen LogP contribution in [0.1, 0.15) is 37.0 Å². The standard InChI is InChI=1S/C20H21ClFN5O3S/c1-20(2,3)11-5-7-12(8-6-11)31(29,30)26-16-10-15(22)14(21)9-13(16)18-24-25-19(17(23)28)27(18)4/h5-10,26H,1-4H3,(H2,23,28). The van der Waals surface area contributed by atoms with Crippen molar-refractivity contribution in [2.24, 2.45) is 12.8 Å². The summed E-state index contributed by atoms with van der Waals surface area (Å²) in [5.74, 6) is -1.72. The molecule has 0 aliphatic carbocycles. The number of anilines is 1. The molecule has 0 atom stereocenters. The van der Waals surface area contributed by atoms with E-state index in [-0.39, 0.29) is 38.2 Å². The van der Waals surface area contributed by atoms with E-state index in [2.05, 4.69) is 14.9 Å². The van der Waals surface area contributed by atoms with Crippen LogP contribution in [-0.4, -0.2) is 29.1 Å². The molecule has 0 unspecified atom stereocenters. The maximum absolute atomic E-state index is 14.2. The average Bonchev–Trinajstić information content (AvgIpc) is 3.05. The molecule has 3 aromatic rings. The Balaban J connectivity index is 2.07. The minimum Gasteiger partial charge on any atom is -0.363 e. The third-order valence-corrected chi connectivity index (χ3v) is 6.34. The van der Waals surface area contributed by atoms with Crippen LogP contribution in [0.25, 0.3) is 11.4 Å². The zero-order valence-corrected chi connectivity index (χ0v) is 18.8. The van der Waals surface area contributed by atoms with Crippen LogP contribution in [0.2, 0.25) is 5.02 Å². The molecule has 1 heterocycles. The van der Waals surface area contributed by atoms with Crippen molar-refractivity contribution in [2.75, 3.05) is 4.72 Å². The van der Waals surface area contributed by atoms with Gasteiger partial charge in [0, 0.05) is 18.7 Å². The third kappa shape index (κ3) is 4.54. The number of amides is 1. The van der Waals surface area contributed by atoms with Crippen LogP contribution in [0.15, 0.2) is 41.3 Å². The Morgan fingerprint density at radius 1 is 1.16 bits per heavy atom. The van der Waals surface area contributed by atoms with Crippen LogP contribution in [0.5, 0.6) is 0 Å². The Bertz CT molecular complexity index is 1270. The summed E-state index contributed by atoms with van der Waals surface area (Å²) >= 11 is 5.90. The van der Waals surface area contributed by atoms with E-state index in [1.807, 2.05) is 20.8 Å². The number of benzene rings is 2. The summed E-state index contributed by atoms with van der Waals surface area (Å²) in [6.07, 6.45) is 0. The highest BCUT2D eigenvalue weighted by molar-refractivity contribution is 7.92. The zero-order valence-electron chi connectivity index (χ0n) is 17.3. The van der Waals surface area contributed by atoms with Crippen molar-refractivity contribution in [3.63, 3.8) is 0 Å². The van der Waals surface area contributed by atoms with Gasteiger partial charge in [0.25, 0.3) is 15.9 Å². The molecule has 3 N–H and O–H groups in total. The highest BCUT2D eigenvalue weighted by Crippen LogP contribution is 2.33. The number of halogens is 2. The second-order valence-corrected chi connectivity index (χ2v) is 10.1. The molecule has 1 amide bonds. The Morgan fingerprint density at radius 3 is 2.29 bits per heavy atom. The fourth-order valence-corrected chi connectivity index (χ4v) is 4.17. The Kier molecular flexibility index (Phi) is 5.81. The van der Waals surface area contributed by atoms with Crippen LogP contribution in [0.3, 0.4) is 0 Å². The van der Waals surface area contributed by atoms with Crippen molar-refractivity contribution >= 4 is 33.2 Å². The summed E-state index contributed by atoms with van der Waals surface area (Å²) in [4.78, 5) is 11.5. The second-order valence-electron chi connectivity index (χ2n) is 7.96. The topological polar surface area (TPSA) is 120 Å². The molecule has 0 saturated heterocycles. The first-order valence-corrected chi connectivity index (χ1v) is 11.0. The number of carbonyl (C=O) groups excluding carboxylic acids is 1. The van der Waals surface area contributed by atoms with Crippen molar-refractivity contribution in [3.05, 3.63) is 58.6 Å². The Hall–Kier alpha value is -2.98. The van der Waals surface area contributed by atoms with E-state index in [0.717, 1.165) is 11.6 Å². The molecule has 0 aliphatic rings. The Labute approximate surface area is 184 Å². The monoisotopic (exact) mass is 465 g/mol. The highest BCUT2D eigenvalue weighted by atomic mass is 35.5. The minimum absolute atomic E-state index is 0.00222. The van der Waals surface area contributed by atoms with Gasteiger partial charge in [-0.3, -0.25) is 9.52 Å². The lowest BCUT2D eigenvalue weighted by Crippen LogP contribution is -2.17. The number of primary amides is 1.